The van der Waals surface area contributed by atoms with Gasteiger partial charge in [0.1, 0.15) is 10.6 Å². The fourth-order valence-corrected chi connectivity index (χ4v) is 3.71. The molecule has 0 atom stereocenters. The van der Waals surface area contributed by atoms with E-state index >= 15 is 0 Å². The van der Waals surface area contributed by atoms with Crippen molar-refractivity contribution in [2.75, 3.05) is 18.2 Å². The molecule has 3 aromatic rings. The normalized spacial score (nSPS) is 13.8. The first-order chi connectivity index (χ1) is 12.1. The van der Waals surface area contributed by atoms with Crippen molar-refractivity contribution < 1.29 is 9.53 Å². The van der Waals surface area contributed by atoms with Gasteiger partial charge in [0.25, 0.3) is 0 Å². The number of benzene rings is 1. The van der Waals surface area contributed by atoms with E-state index in [1.807, 2.05) is 24.3 Å². The molecule has 3 N–H and O–H groups in total. The molecule has 2 aromatic heterocycles. The SMILES string of the molecule is COc1ccc(-c2nc(NC3CC3)nc3sc(C(C)=O)c(N)c23)cc1. The van der Waals surface area contributed by atoms with E-state index in [1.165, 1.54) is 18.3 Å². The number of nitrogens with zero attached hydrogens (tertiary/aromatic N) is 2. The molecule has 6 nitrogen and oxygen atoms in total. The number of nitrogens with one attached hydrogen (secondary N) is 1. The number of ether oxygens (including phenoxy) is 1. The highest BCUT2D eigenvalue weighted by Crippen LogP contribution is 2.40. The molecular formula is C18H18N4O2S. The van der Waals surface area contributed by atoms with Crippen molar-refractivity contribution in [2.24, 2.45) is 0 Å². The van der Waals surface area contributed by atoms with Gasteiger partial charge in [-0.05, 0) is 37.1 Å². The van der Waals surface area contributed by atoms with E-state index < -0.39 is 0 Å². The lowest BCUT2D eigenvalue weighted by molar-refractivity contribution is 0.102. The summed E-state index contributed by atoms with van der Waals surface area (Å²) in [5, 5.41) is 4.07. The summed E-state index contributed by atoms with van der Waals surface area (Å²) in [5.41, 5.74) is 8.36. The predicted octanol–water partition coefficient (Wildman–Crippen LogP) is 3.73. The Bertz CT molecular complexity index is 961. The second kappa shape index (κ2) is 6.00. The van der Waals surface area contributed by atoms with E-state index in [1.54, 1.807) is 7.11 Å². The van der Waals surface area contributed by atoms with Crippen molar-refractivity contribution in [1.29, 1.82) is 0 Å². The fraction of sp³-hybridized carbons (Fsp3) is 0.278. The van der Waals surface area contributed by atoms with Crippen molar-refractivity contribution in [3.05, 3.63) is 29.1 Å². The van der Waals surface area contributed by atoms with Crippen molar-refractivity contribution in [1.82, 2.24) is 9.97 Å². The number of thiophene rings is 1. The van der Waals surface area contributed by atoms with Gasteiger partial charge in [0, 0.05) is 18.5 Å². The smallest absolute Gasteiger partial charge is 0.224 e. The van der Waals surface area contributed by atoms with Gasteiger partial charge in [-0.2, -0.15) is 0 Å². The lowest BCUT2D eigenvalue weighted by Crippen LogP contribution is -2.06. The molecule has 0 radical (unpaired) electrons. The first-order valence-electron chi connectivity index (χ1n) is 8.08. The summed E-state index contributed by atoms with van der Waals surface area (Å²) in [7, 11) is 1.63. The molecule has 0 aliphatic heterocycles. The maximum absolute atomic E-state index is 11.9. The van der Waals surface area contributed by atoms with Gasteiger partial charge in [-0.25, -0.2) is 9.97 Å². The molecule has 4 rings (SSSR count). The monoisotopic (exact) mass is 354 g/mol. The number of nitrogens with two attached hydrogens (primary N) is 1. The number of carbonyl (C=O) groups excluding carboxylic acids is 1. The third kappa shape index (κ3) is 2.91. The van der Waals surface area contributed by atoms with Crippen molar-refractivity contribution in [2.45, 2.75) is 25.8 Å². The molecule has 1 aliphatic carbocycles. The molecule has 1 aliphatic rings. The minimum Gasteiger partial charge on any atom is -0.497 e. The van der Waals surface area contributed by atoms with Crippen LogP contribution in [0.25, 0.3) is 21.5 Å². The fourth-order valence-electron chi connectivity index (χ4n) is 2.72. The number of methoxy groups -OCH3 is 1. The Morgan fingerprint density at radius 2 is 2.00 bits per heavy atom. The number of anilines is 2. The topological polar surface area (TPSA) is 90.1 Å². The molecule has 0 saturated heterocycles. The first-order valence-corrected chi connectivity index (χ1v) is 8.90. The predicted molar refractivity (Wildman–Crippen MR) is 100 cm³/mol. The zero-order valence-electron chi connectivity index (χ0n) is 14.0. The number of Topliss-reactive ketones (excluding diaryl/α,β-unsaturated/α-hetero) is 1. The molecule has 0 amide bonds. The molecule has 0 spiro atoms. The zero-order valence-corrected chi connectivity index (χ0v) is 14.8. The average Bonchev–Trinajstić information content (AvgIpc) is 3.36. The van der Waals surface area contributed by atoms with E-state index in [2.05, 4.69) is 10.3 Å². The number of nitrogen functional groups attached to an aromatic ring is 1. The lowest BCUT2D eigenvalue weighted by atomic mass is 10.1. The van der Waals surface area contributed by atoms with Gasteiger partial charge in [0.2, 0.25) is 5.95 Å². The minimum atomic E-state index is -0.0575. The third-order valence-corrected chi connectivity index (χ3v) is 5.38. The zero-order chi connectivity index (χ0) is 17.6. The van der Waals surface area contributed by atoms with E-state index in [4.69, 9.17) is 15.5 Å². The average molecular weight is 354 g/mol. The Kier molecular flexibility index (Phi) is 3.80. The van der Waals surface area contributed by atoms with E-state index in [9.17, 15) is 4.79 Å². The van der Waals surface area contributed by atoms with Gasteiger partial charge in [0.15, 0.2) is 5.78 Å². The standard InChI is InChI=1S/C18H18N4O2S/c1-9(23)16-14(19)13-15(10-3-7-12(24-2)8-4-10)21-18(20-11-5-6-11)22-17(13)25-16/h3-4,7-8,11H,5-6,19H2,1-2H3,(H,20,21,22). The van der Waals surface area contributed by atoms with Gasteiger partial charge in [0.05, 0.1) is 28.8 Å². The van der Waals surface area contributed by atoms with Gasteiger partial charge in [-0.15, -0.1) is 11.3 Å². The molecule has 1 aromatic carbocycles. The Hall–Kier alpha value is -2.67. The van der Waals surface area contributed by atoms with Crippen LogP contribution in [0.4, 0.5) is 11.6 Å². The minimum absolute atomic E-state index is 0.0575. The highest BCUT2D eigenvalue weighted by molar-refractivity contribution is 7.21. The van der Waals surface area contributed by atoms with Crippen LogP contribution < -0.4 is 15.8 Å². The second-order valence-corrected chi connectivity index (χ2v) is 7.12. The van der Waals surface area contributed by atoms with E-state index in [0.29, 0.717) is 22.6 Å². The van der Waals surface area contributed by atoms with Gasteiger partial charge >= 0.3 is 0 Å². The number of rotatable bonds is 5. The van der Waals surface area contributed by atoms with Gasteiger partial charge < -0.3 is 15.8 Å². The van der Waals surface area contributed by atoms with Crippen LogP contribution in [0.2, 0.25) is 0 Å². The van der Waals surface area contributed by atoms with Crippen LogP contribution in [0.5, 0.6) is 5.75 Å². The Balaban J connectivity index is 1.92. The van der Waals surface area contributed by atoms with Crippen LogP contribution in [-0.2, 0) is 0 Å². The Morgan fingerprint density at radius 3 is 2.60 bits per heavy atom. The van der Waals surface area contributed by atoms with E-state index in [0.717, 1.165) is 40.1 Å². The molecule has 25 heavy (non-hydrogen) atoms. The van der Waals surface area contributed by atoms with Crippen molar-refractivity contribution in [3.63, 3.8) is 0 Å². The molecule has 128 valence electrons. The molecule has 0 bridgehead atoms. The summed E-state index contributed by atoms with van der Waals surface area (Å²) in [5.74, 6) is 1.29. The molecule has 1 saturated carbocycles. The number of hydrogen-bond acceptors (Lipinski definition) is 7. The second-order valence-electron chi connectivity index (χ2n) is 6.12. The third-order valence-electron chi connectivity index (χ3n) is 4.18. The van der Waals surface area contributed by atoms with Gasteiger partial charge in [-0.1, -0.05) is 0 Å². The number of fused-ring (bicyclic) bond motifs is 1. The maximum atomic E-state index is 11.9. The largest absolute Gasteiger partial charge is 0.497 e. The quantitative estimate of drug-likeness (QED) is 0.679. The number of hydrogen-bond donors (Lipinski definition) is 2. The highest BCUT2D eigenvalue weighted by atomic mass is 32.1. The van der Waals surface area contributed by atoms with Crippen LogP contribution in [0.3, 0.4) is 0 Å². The number of ketones is 1. The van der Waals surface area contributed by atoms with Crippen LogP contribution >= 0.6 is 11.3 Å². The molecule has 1 fully saturated rings. The summed E-state index contributed by atoms with van der Waals surface area (Å²) in [6, 6.07) is 8.07. The van der Waals surface area contributed by atoms with Crippen LogP contribution in [-0.4, -0.2) is 28.9 Å². The summed E-state index contributed by atoms with van der Waals surface area (Å²) < 4.78 is 5.22. The van der Waals surface area contributed by atoms with Crippen LogP contribution in [0.1, 0.15) is 29.4 Å². The number of carbonyl (C=O) groups is 1. The van der Waals surface area contributed by atoms with Crippen molar-refractivity contribution >= 4 is 39.0 Å². The summed E-state index contributed by atoms with van der Waals surface area (Å²) in [6.07, 6.45) is 2.26. The molecule has 7 heteroatoms. The first kappa shape index (κ1) is 15.8. The van der Waals surface area contributed by atoms with Gasteiger partial charge in [-0.3, -0.25) is 4.79 Å². The summed E-state index contributed by atoms with van der Waals surface area (Å²) in [4.78, 5) is 22.4. The summed E-state index contributed by atoms with van der Waals surface area (Å²) >= 11 is 1.32. The lowest BCUT2D eigenvalue weighted by Gasteiger charge is -2.09. The number of aromatic nitrogens is 2. The van der Waals surface area contributed by atoms with E-state index in [-0.39, 0.29) is 5.78 Å². The van der Waals surface area contributed by atoms with Crippen LogP contribution in [0.15, 0.2) is 24.3 Å². The van der Waals surface area contributed by atoms with Crippen LogP contribution in [0, 0.1) is 0 Å². The van der Waals surface area contributed by atoms with Crippen molar-refractivity contribution in [3.8, 4) is 17.0 Å². The highest BCUT2D eigenvalue weighted by Gasteiger charge is 2.25. The Labute approximate surface area is 149 Å². The summed E-state index contributed by atoms with van der Waals surface area (Å²) in [6.45, 7) is 1.52. The molecular weight excluding hydrogens is 336 g/mol. The molecule has 0 unspecified atom stereocenters. The Morgan fingerprint density at radius 1 is 1.28 bits per heavy atom. The molecule has 2 heterocycles. The maximum Gasteiger partial charge on any atom is 0.224 e.